The minimum atomic E-state index is -3.79. The normalized spacial score (nSPS) is 11.2. The fraction of sp³-hybridized carbons (Fsp3) is 0.250. The zero-order chi connectivity index (χ0) is 16.9. The number of aromatic nitrogens is 1. The van der Waals surface area contributed by atoms with Crippen LogP contribution in [0.3, 0.4) is 0 Å². The number of aryl methyl sites for hydroxylation is 1. The molecular weight excluding hydrogens is 314 g/mol. The van der Waals surface area contributed by atoms with Crippen LogP contribution < -0.4 is 15.0 Å². The summed E-state index contributed by atoms with van der Waals surface area (Å²) in [6, 6.07) is 9.83. The number of primary sulfonamides is 1. The molecule has 3 N–H and O–H groups in total. The smallest absolute Gasteiger partial charge is 0.290 e. The van der Waals surface area contributed by atoms with E-state index in [-0.39, 0.29) is 17.3 Å². The van der Waals surface area contributed by atoms with Gasteiger partial charge in [0.05, 0.1) is 4.90 Å². The van der Waals surface area contributed by atoms with E-state index in [2.05, 4.69) is 12.2 Å². The maximum atomic E-state index is 12.0. The number of sulfonamides is 1. The zero-order valence-corrected chi connectivity index (χ0v) is 13.7. The molecule has 2 rings (SSSR count). The summed E-state index contributed by atoms with van der Waals surface area (Å²) in [7, 11) is -3.79. The van der Waals surface area contributed by atoms with Crippen molar-refractivity contribution in [1.29, 1.82) is 0 Å². The summed E-state index contributed by atoms with van der Waals surface area (Å²) in [5.41, 5.74) is 1.62. The highest BCUT2D eigenvalue weighted by Gasteiger charge is 2.12. The fourth-order valence-corrected chi connectivity index (χ4v) is 2.73. The van der Waals surface area contributed by atoms with Gasteiger partial charge in [-0.25, -0.2) is 13.6 Å². The van der Waals surface area contributed by atoms with Crippen LogP contribution in [-0.2, 0) is 27.8 Å². The van der Waals surface area contributed by atoms with Crippen molar-refractivity contribution in [3.8, 4) is 0 Å². The van der Waals surface area contributed by atoms with Crippen molar-refractivity contribution in [2.45, 2.75) is 31.2 Å². The van der Waals surface area contributed by atoms with Crippen molar-refractivity contribution in [3.63, 3.8) is 0 Å². The quantitative estimate of drug-likeness (QED) is 0.778. The Labute approximate surface area is 136 Å². The van der Waals surface area contributed by atoms with Crippen molar-refractivity contribution >= 4 is 21.6 Å². The molecule has 0 unspecified atom stereocenters. The number of nitrogens with one attached hydrogen (secondary N) is 1. The standard InChI is InChI=1S/C16H19N3O3S/c1-2-4-13-7-9-19(10-8-13)12-16(20)18-14-5-3-6-15(11-14)23(17,21)22/h3,5-11H,2,4,12H2,1H3,(H2-,17,18,20,21,22)/p+1. The monoisotopic (exact) mass is 334 g/mol. The van der Waals surface area contributed by atoms with Crippen molar-refractivity contribution in [1.82, 2.24) is 0 Å². The highest BCUT2D eigenvalue weighted by molar-refractivity contribution is 7.89. The molecule has 0 saturated heterocycles. The Hall–Kier alpha value is -2.25. The summed E-state index contributed by atoms with van der Waals surface area (Å²) < 4.78 is 24.4. The van der Waals surface area contributed by atoms with Gasteiger partial charge in [-0.3, -0.25) is 4.79 Å². The molecule has 122 valence electrons. The maximum Gasteiger partial charge on any atom is 0.290 e. The van der Waals surface area contributed by atoms with E-state index < -0.39 is 10.0 Å². The van der Waals surface area contributed by atoms with Crippen LogP contribution in [0.25, 0.3) is 0 Å². The third-order valence-electron chi connectivity index (χ3n) is 3.27. The first-order chi connectivity index (χ1) is 10.9. The second-order valence-electron chi connectivity index (χ2n) is 5.25. The SMILES string of the molecule is CCCc1cc[n+](CC(=O)Nc2cccc(S(N)(=O)=O)c2)cc1. The second-order valence-corrected chi connectivity index (χ2v) is 6.81. The van der Waals surface area contributed by atoms with E-state index in [0.717, 1.165) is 12.8 Å². The Bertz CT molecular complexity index is 786. The van der Waals surface area contributed by atoms with Crippen LogP contribution >= 0.6 is 0 Å². The lowest BCUT2D eigenvalue weighted by Crippen LogP contribution is -2.39. The van der Waals surface area contributed by atoms with Gasteiger partial charge < -0.3 is 5.32 Å². The molecule has 1 aromatic carbocycles. The number of pyridine rings is 1. The van der Waals surface area contributed by atoms with Crippen LogP contribution in [0.15, 0.2) is 53.7 Å². The van der Waals surface area contributed by atoms with Crippen LogP contribution in [-0.4, -0.2) is 14.3 Å². The molecule has 0 fully saturated rings. The summed E-state index contributed by atoms with van der Waals surface area (Å²) in [5.74, 6) is -0.246. The first-order valence-electron chi connectivity index (χ1n) is 7.29. The second kappa shape index (κ2) is 7.34. The molecule has 0 spiro atoms. The van der Waals surface area contributed by atoms with Gasteiger partial charge in [0.2, 0.25) is 16.6 Å². The Morgan fingerprint density at radius 3 is 2.52 bits per heavy atom. The molecule has 2 aromatic rings. The van der Waals surface area contributed by atoms with E-state index in [1.165, 1.54) is 23.8 Å². The third kappa shape index (κ3) is 5.15. The van der Waals surface area contributed by atoms with Crippen molar-refractivity contribution < 1.29 is 17.8 Å². The number of rotatable bonds is 6. The van der Waals surface area contributed by atoms with Gasteiger partial charge in [-0.2, -0.15) is 4.57 Å². The molecule has 0 radical (unpaired) electrons. The number of benzene rings is 1. The molecule has 0 atom stereocenters. The molecule has 7 heteroatoms. The molecule has 0 aliphatic carbocycles. The number of carbonyl (C=O) groups excluding carboxylic acids is 1. The molecule has 23 heavy (non-hydrogen) atoms. The molecule has 0 aliphatic heterocycles. The van der Waals surface area contributed by atoms with Crippen molar-refractivity contribution in [3.05, 3.63) is 54.4 Å². The molecule has 0 aliphatic rings. The van der Waals surface area contributed by atoms with Crippen LogP contribution in [0, 0.1) is 0 Å². The van der Waals surface area contributed by atoms with E-state index in [1.54, 1.807) is 10.6 Å². The van der Waals surface area contributed by atoms with Gasteiger partial charge in [0.15, 0.2) is 12.4 Å². The topological polar surface area (TPSA) is 93.1 Å². The Morgan fingerprint density at radius 2 is 1.91 bits per heavy atom. The number of anilines is 1. The fourth-order valence-electron chi connectivity index (χ4n) is 2.17. The van der Waals surface area contributed by atoms with Gasteiger partial charge in [-0.15, -0.1) is 0 Å². The highest BCUT2D eigenvalue weighted by atomic mass is 32.2. The number of nitrogens with two attached hydrogens (primary N) is 1. The lowest BCUT2D eigenvalue weighted by Gasteiger charge is -2.05. The average molecular weight is 334 g/mol. The molecule has 0 saturated carbocycles. The number of amides is 1. The summed E-state index contributed by atoms with van der Waals surface area (Å²) in [4.78, 5) is 12.0. The number of hydrogen-bond donors (Lipinski definition) is 2. The third-order valence-corrected chi connectivity index (χ3v) is 4.18. The number of carbonyl (C=O) groups is 1. The Morgan fingerprint density at radius 1 is 1.22 bits per heavy atom. The minimum absolute atomic E-state index is 0.0353. The maximum absolute atomic E-state index is 12.0. The first-order valence-corrected chi connectivity index (χ1v) is 8.84. The zero-order valence-electron chi connectivity index (χ0n) is 12.9. The van der Waals surface area contributed by atoms with Crippen molar-refractivity contribution in [2.24, 2.45) is 5.14 Å². The molecule has 1 heterocycles. The summed E-state index contributed by atoms with van der Waals surface area (Å²) in [6.45, 7) is 2.26. The molecule has 1 aromatic heterocycles. The summed E-state index contributed by atoms with van der Waals surface area (Å²) in [6.07, 6.45) is 5.79. The minimum Gasteiger partial charge on any atom is -0.321 e. The Balaban J connectivity index is 2.02. The highest BCUT2D eigenvalue weighted by Crippen LogP contribution is 2.13. The van der Waals surface area contributed by atoms with Gasteiger partial charge in [0.25, 0.3) is 5.91 Å². The van der Waals surface area contributed by atoms with E-state index in [0.29, 0.717) is 5.69 Å². The van der Waals surface area contributed by atoms with Crippen LogP contribution in [0.2, 0.25) is 0 Å². The largest absolute Gasteiger partial charge is 0.321 e. The van der Waals surface area contributed by atoms with Gasteiger partial charge in [0, 0.05) is 17.8 Å². The predicted octanol–water partition coefficient (Wildman–Crippen LogP) is 1.21. The van der Waals surface area contributed by atoms with Gasteiger partial charge >= 0.3 is 0 Å². The lowest BCUT2D eigenvalue weighted by atomic mass is 10.2. The van der Waals surface area contributed by atoms with Crippen molar-refractivity contribution in [2.75, 3.05) is 5.32 Å². The van der Waals surface area contributed by atoms with Crippen LogP contribution in [0.5, 0.6) is 0 Å². The van der Waals surface area contributed by atoms with E-state index >= 15 is 0 Å². The summed E-state index contributed by atoms with van der Waals surface area (Å²) in [5, 5.41) is 7.74. The van der Waals surface area contributed by atoms with E-state index in [1.807, 2.05) is 24.5 Å². The number of nitrogens with zero attached hydrogens (tertiary/aromatic N) is 1. The van der Waals surface area contributed by atoms with Gasteiger partial charge in [-0.05, 0) is 30.2 Å². The summed E-state index contributed by atoms with van der Waals surface area (Å²) >= 11 is 0. The first kappa shape index (κ1) is 17.1. The predicted molar refractivity (Wildman–Crippen MR) is 87.1 cm³/mol. The molecule has 1 amide bonds. The molecule has 0 bridgehead atoms. The number of hydrogen-bond acceptors (Lipinski definition) is 3. The molecule has 6 nitrogen and oxygen atoms in total. The van der Waals surface area contributed by atoms with Crippen LogP contribution in [0.1, 0.15) is 18.9 Å². The Kier molecular flexibility index (Phi) is 5.46. The average Bonchev–Trinajstić information content (AvgIpc) is 2.49. The van der Waals surface area contributed by atoms with E-state index in [4.69, 9.17) is 5.14 Å². The van der Waals surface area contributed by atoms with Crippen LogP contribution in [0.4, 0.5) is 5.69 Å². The lowest BCUT2D eigenvalue weighted by molar-refractivity contribution is -0.684. The van der Waals surface area contributed by atoms with E-state index in [9.17, 15) is 13.2 Å². The molecular formula is C16H20N3O3S+. The van der Waals surface area contributed by atoms with Gasteiger partial charge in [0.1, 0.15) is 0 Å². The van der Waals surface area contributed by atoms with Gasteiger partial charge in [-0.1, -0.05) is 19.4 Å².